The molecule has 2 heterocycles. The van der Waals surface area contributed by atoms with E-state index in [1.165, 1.54) is 31.5 Å². The lowest BCUT2D eigenvalue weighted by atomic mass is 10.0. The van der Waals surface area contributed by atoms with Gasteiger partial charge in [-0.3, -0.25) is 4.68 Å². The minimum Gasteiger partial charge on any atom is -0.301 e. The molecule has 0 amide bonds. The van der Waals surface area contributed by atoms with Crippen LogP contribution in [0.1, 0.15) is 58.1 Å². The third kappa shape index (κ3) is 3.35. The second-order valence-electron chi connectivity index (χ2n) is 6.36. The SMILES string of the molecule is CC(C)CN1CCCC(n2cc(C(C)C)cn2)C1. The molecule has 0 aromatic carbocycles. The molecular weight excluding hydrogens is 222 g/mol. The van der Waals surface area contributed by atoms with E-state index in [0.717, 1.165) is 12.5 Å². The van der Waals surface area contributed by atoms with Gasteiger partial charge in [0.25, 0.3) is 0 Å². The van der Waals surface area contributed by atoms with Gasteiger partial charge in [0.15, 0.2) is 0 Å². The highest BCUT2D eigenvalue weighted by atomic mass is 15.3. The van der Waals surface area contributed by atoms with Gasteiger partial charge in [-0.2, -0.15) is 5.10 Å². The van der Waals surface area contributed by atoms with Crippen LogP contribution in [-0.2, 0) is 0 Å². The van der Waals surface area contributed by atoms with Crippen molar-refractivity contribution in [3.63, 3.8) is 0 Å². The Morgan fingerprint density at radius 3 is 2.72 bits per heavy atom. The van der Waals surface area contributed by atoms with E-state index in [9.17, 15) is 0 Å². The van der Waals surface area contributed by atoms with Gasteiger partial charge in [0.2, 0.25) is 0 Å². The van der Waals surface area contributed by atoms with E-state index in [-0.39, 0.29) is 0 Å². The van der Waals surface area contributed by atoms with Crippen LogP contribution in [0.15, 0.2) is 12.4 Å². The number of rotatable bonds is 4. The molecule has 0 spiro atoms. The highest BCUT2D eigenvalue weighted by Crippen LogP contribution is 2.23. The number of nitrogens with zero attached hydrogens (tertiary/aromatic N) is 3. The first kappa shape index (κ1) is 13.6. The summed E-state index contributed by atoms with van der Waals surface area (Å²) in [5.41, 5.74) is 1.36. The summed E-state index contributed by atoms with van der Waals surface area (Å²) >= 11 is 0. The zero-order valence-electron chi connectivity index (χ0n) is 12.3. The maximum absolute atomic E-state index is 4.56. The predicted octanol–water partition coefficient (Wildman–Crippen LogP) is 3.30. The van der Waals surface area contributed by atoms with Gasteiger partial charge in [0.05, 0.1) is 12.2 Å². The molecule has 0 bridgehead atoms. The van der Waals surface area contributed by atoms with Gasteiger partial charge in [0, 0.05) is 19.3 Å². The van der Waals surface area contributed by atoms with Crippen molar-refractivity contribution < 1.29 is 0 Å². The van der Waals surface area contributed by atoms with Crippen LogP contribution in [0.3, 0.4) is 0 Å². The predicted molar refractivity (Wildman–Crippen MR) is 75.9 cm³/mol. The molecule has 0 N–H and O–H groups in total. The lowest BCUT2D eigenvalue weighted by molar-refractivity contribution is 0.155. The van der Waals surface area contributed by atoms with E-state index in [0.29, 0.717) is 12.0 Å². The first-order valence-corrected chi connectivity index (χ1v) is 7.32. The van der Waals surface area contributed by atoms with Crippen molar-refractivity contribution in [3.05, 3.63) is 18.0 Å². The molecule has 0 saturated carbocycles. The van der Waals surface area contributed by atoms with Gasteiger partial charge >= 0.3 is 0 Å². The first-order chi connectivity index (χ1) is 8.56. The van der Waals surface area contributed by atoms with Crippen LogP contribution < -0.4 is 0 Å². The summed E-state index contributed by atoms with van der Waals surface area (Å²) in [6.07, 6.45) is 6.85. The lowest BCUT2D eigenvalue weighted by Gasteiger charge is -2.33. The summed E-state index contributed by atoms with van der Waals surface area (Å²) in [6, 6.07) is 0.574. The number of aromatic nitrogens is 2. The van der Waals surface area contributed by atoms with Gasteiger partial charge in [-0.1, -0.05) is 27.7 Å². The first-order valence-electron chi connectivity index (χ1n) is 7.32. The Balaban J connectivity index is 1.99. The van der Waals surface area contributed by atoms with Crippen LogP contribution in [0.2, 0.25) is 0 Å². The number of likely N-dealkylation sites (tertiary alicyclic amines) is 1. The minimum atomic E-state index is 0.574. The van der Waals surface area contributed by atoms with Crippen molar-refractivity contribution in [2.45, 2.75) is 52.5 Å². The molecule has 1 unspecified atom stereocenters. The molecule has 0 radical (unpaired) electrons. The van der Waals surface area contributed by atoms with E-state index >= 15 is 0 Å². The van der Waals surface area contributed by atoms with E-state index in [2.05, 4.69) is 48.6 Å². The van der Waals surface area contributed by atoms with Gasteiger partial charge in [0.1, 0.15) is 0 Å². The van der Waals surface area contributed by atoms with E-state index in [1.807, 2.05) is 6.20 Å². The zero-order valence-corrected chi connectivity index (χ0v) is 12.3. The molecule has 1 saturated heterocycles. The van der Waals surface area contributed by atoms with Crippen molar-refractivity contribution >= 4 is 0 Å². The molecule has 18 heavy (non-hydrogen) atoms. The highest BCUT2D eigenvalue weighted by molar-refractivity contribution is 5.09. The quantitative estimate of drug-likeness (QED) is 0.816. The standard InChI is InChI=1S/C15H27N3/c1-12(2)9-17-7-5-6-15(11-17)18-10-14(8-16-18)13(3)4/h8,10,12-13,15H,5-7,9,11H2,1-4H3. The fourth-order valence-corrected chi connectivity index (χ4v) is 2.78. The smallest absolute Gasteiger partial charge is 0.0646 e. The number of hydrogen-bond acceptors (Lipinski definition) is 2. The van der Waals surface area contributed by atoms with Gasteiger partial charge in [-0.05, 0) is 36.8 Å². The Labute approximate surface area is 111 Å². The average Bonchev–Trinajstić information content (AvgIpc) is 2.77. The largest absolute Gasteiger partial charge is 0.301 e. The summed E-state index contributed by atoms with van der Waals surface area (Å²) in [5, 5.41) is 4.56. The number of piperidine rings is 1. The van der Waals surface area contributed by atoms with E-state index in [1.54, 1.807) is 0 Å². The van der Waals surface area contributed by atoms with Crippen LogP contribution in [0, 0.1) is 5.92 Å². The molecule has 1 aromatic heterocycles. The van der Waals surface area contributed by atoms with Crippen LogP contribution in [-0.4, -0.2) is 34.3 Å². The normalized spacial score (nSPS) is 22.0. The minimum absolute atomic E-state index is 0.574. The second kappa shape index (κ2) is 5.87. The summed E-state index contributed by atoms with van der Waals surface area (Å²) in [6.45, 7) is 12.7. The molecule has 102 valence electrons. The molecule has 3 nitrogen and oxygen atoms in total. The van der Waals surface area contributed by atoms with Crippen LogP contribution in [0.25, 0.3) is 0 Å². The van der Waals surface area contributed by atoms with Gasteiger partial charge in [-0.15, -0.1) is 0 Å². The van der Waals surface area contributed by atoms with Crippen LogP contribution in [0.5, 0.6) is 0 Å². The molecular formula is C15H27N3. The molecule has 0 aliphatic carbocycles. The Morgan fingerprint density at radius 1 is 1.33 bits per heavy atom. The van der Waals surface area contributed by atoms with Crippen molar-refractivity contribution in [1.82, 2.24) is 14.7 Å². The lowest BCUT2D eigenvalue weighted by Crippen LogP contribution is -2.38. The molecule has 2 rings (SSSR count). The topological polar surface area (TPSA) is 21.1 Å². The molecule has 1 fully saturated rings. The maximum Gasteiger partial charge on any atom is 0.0646 e. The Bertz CT molecular complexity index is 368. The van der Waals surface area contributed by atoms with E-state index in [4.69, 9.17) is 0 Å². The summed E-state index contributed by atoms with van der Waals surface area (Å²) in [7, 11) is 0. The van der Waals surface area contributed by atoms with Crippen LogP contribution >= 0.6 is 0 Å². The third-order valence-electron chi connectivity index (χ3n) is 3.77. The summed E-state index contributed by atoms with van der Waals surface area (Å²) in [4.78, 5) is 2.59. The molecule has 3 heteroatoms. The second-order valence-corrected chi connectivity index (χ2v) is 6.36. The molecule has 1 aromatic rings. The fourth-order valence-electron chi connectivity index (χ4n) is 2.78. The average molecular weight is 249 g/mol. The fraction of sp³-hybridized carbons (Fsp3) is 0.800. The number of hydrogen-bond donors (Lipinski definition) is 0. The molecule has 1 aliphatic heterocycles. The Morgan fingerprint density at radius 2 is 2.11 bits per heavy atom. The van der Waals surface area contributed by atoms with Crippen molar-refractivity contribution in [2.75, 3.05) is 19.6 Å². The highest BCUT2D eigenvalue weighted by Gasteiger charge is 2.22. The van der Waals surface area contributed by atoms with E-state index < -0.39 is 0 Å². The zero-order chi connectivity index (χ0) is 13.1. The van der Waals surface area contributed by atoms with Gasteiger partial charge in [-0.25, -0.2) is 0 Å². The monoisotopic (exact) mass is 249 g/mol. The van der Waals surface area contributed by atoms with Crippen molar-refractivity contribution in [3.8, 4) is 0 Å². The summed E-state index contributed by atoms with van der Waals surface area (Å²) < 4.78 is 2.20. The van der Waals surface area contributed by atoms with Crippen molar-refractivity contribution in [1.29, 1.82) is 0 Å². The van der Waals surface area contributed by atoms with Gasteiger partial charge < -0.3 is 4.90 Å². The van der Waals surface area contributed by atoms with Crippen molar-refractivity contribution in [2.24, 2.45) is 5.92 Å². The Hall–Kier alpha value is -0.830. The summed E-state index contributed by atoms with van der Waals surface area (Å²) in [5.74, 6) is 1.33. The third-order valence-corrected chi connectivity index (χ3v) is 3.77. The molecule has 1 atom stereocenters. The maximum atomic E-state index is 4.56. The van der Waals surface area contributed by atoms with Crippen LogP contribution in [0.4, 0.5) is 0 Å². The molecule has 1 aliphatic rings. The Kier molecular flexibility index (Phi) is 4.44.